The topological polar surface area (TPSA) is 42.1 Å². The zero-order valence-corrected chi connectivity index (χ0v) is 13.5. The standard InChI is InChI=1S/C14H18BrN3S/c1-3-13(16)14-5-4-11(7-17-14)18(2)8-12-6-10(15)9-19-12/h4-7,9,13H,3,8,16H2,1-2H3/t13-/m1/s1. The van der Waals surface area contributed by atoms with Crippen LogP contribution >= 0.6 is 27.3 Å². The second-order valence-electron chi connectivity index (χ2n) is 4.54. The lowest BCUT2D eigenvalue weighted by atomic mass is 10.1. The molecule has 0 bridgehead atoms. The predicted octanol–water partition coefficient (Wildman–Crippen LogP) is 3.95. The Hall–Kier alpha value is -0.910. The van der Waals surface area contributed by atoms with Gasteiger partial charge in [0.15, 0.2) is 0 Å². The van der Waals surface area contributed by atoms with Crippen LogP contribution in [0.15, 0.2) is 34.2 Å². The minimum atomic E-state index is 0.0348. The average molecular weight is 340 g/mol. The molecule has 1 atom stereocenters. The first kappa shape index (κ1) is 14.5. The van der Waals surface area contributed by atoms with Gasteiger partial charge in [0.1, 0.15) is 0 Å². The lowest BCUT2D eigenvalue weighted by Gasteiger charge is -2.18. The molecule has 0 spiro atoms. The van der Waals surface area contributed by atoms with Crippen LogP contribution in [0.4, 0.5) is 5.69 Å². The minimum absolute atomic E-state index is 0.0348. The minimum Gasteiger partial charge on any atom is -0.368 e. The van der Waals surface area contributed by atoms with Crippen molar-refractivity contribution in [3.63, 3.8) is 0 Å². The van der Waals surface area contributed by atoms with E-state index in [0.29, 0.717) is 0 Å². The van der Waals surface area contributed by atoms with E-state index in [1.165, 1.54) is 4.88 Å². The molecule has 3 nitrogen and oxygen atoms in total. The number of anilines is 1. The lowest BCUT2D eigenvalue weighted by Crippen LogP contribution is -2.16. The van der Waals surface area contributed by atoms with Crippen LogP contribution in [0, 0.1) is 0 Å². The van der Waals surface area contributed by atoms with Gasteiger partial charge < -0.3 is 10.6 Å². The number of thiophene rings is 1. The first-order valence-corrected chi connectivity index (χ1v) is 7.93. The Morgan fingerprint density at radius 1 is 1.47 bits per heavy atom. The van der Waals surface area contributed by atoms with Crippen molar-refractivity contribution < 1.29 is 0 Å². The van der Waals surface area contributed by atoms with Crippen LogP contribution in [0.2, 0.25) is 0 Å². The fourth-order valence-electron chi connectivity index (χ4n) is 1.81. The molecule has 2 N–H and O–H groups in total. The molecule has 0 aliphatic rings. The summed E-state index contributed by atoms with van der Waals surface area (Å²) in [5.41, 5.74) is 8.03. The molecule has 2 rings (SSSR count). The molecule has 0 aliphatic carbocycles. The highest BCUT2D eigenvalue weighted by atomic mass is 79.9. The Morgan fingerprint density at radius 3 is 2.79 bits per heavy atom. The fourth-order valence-corrected chi connectivity index (χ4v) is 3.32. The number of pyridine rings is 1. The second kappa shape index (κ2) is 6.50. The molecule has 0 fully saturated rings. The molecule has 2 aromatic rings. The zero-order valence-electron chi connectivity index (χ0n) is 11.1. The van der Waals surface area contributed by atoms with Crippen LogP contribution in [0.5, 0.6) is 0 Å². The van der Waals surface area contributed by atoms with E-state index in [2.05, 4.69) is 57.3 Å². The van der Waals surface area contributed by atoms with Gasteiger partial charge in [0.05, 0.1) is 24.1 Å². The maximum atomic E-state index is 5.97. The summed E-state index contributed by atoms with van der Waals surface area (Å²) in [4.78, 5) is 7.95. The molecule has 0 saturated heterocycles. The summed E-state index contributed by atoms with van der Waals surface area (Å²) in [6.45, 7) is 2.96. The molecule has 0 radical (unpaired) electrons. The summed E-state index contributed by atoms with van der Waals surface area (Å²) in [6, 6.07) is 6.29. The van der Waals surface area contributed by atoms with Crippen LogP contribution in [-0.2, 0) is 6.54 Å². The third kappa shape index (κ3) is 3.78. The average Bonchev–Trinajstić information content (AvgIpc) is 2.83. The smallest absolute Gasteiger partial charge is 0.0572 e. The molecule has 2 aromatic heterocycles. The maximum absolute atomic E-state index is 5.97. The molecule has 0 saturated carbocycles. The maximum Gasteiger partial charge on any atom is 0.0572 e. The molecule has 19 heavy (non-hydrogen) atoms. The summed E-state index contributed by atoms with van der Waals surface area (Å²) in [7, 11) is 2.07. The fraction of sp³-hybridized carbons (Fsp3) is 0.357. The van der Waals surface area contributed by atoms with Crippen molar-refractivity contribution in [2.24, 2.45) is 5.73 Å². The third-order valence-electron chi connectivity index (χ3n) is 3.05. The van der Waals surface area contributed by atoms with Crippen molar-refractivity contribution in [1.29, 1.82) is 0 Å². The Labute approximate surface area is 126 Å². The largest absolute Gasteiger partial charge is 0.368 e. The molecule has 2 heterocycles. The second-order valence-corrected chi connectivity index (χ2v) is 6.45. The molecule has 0 unspecified atom stereocenters. The van der Waals surface area contributed by atoms with Gasteiger partial charge in [-0.05, 0) is 40.5 Å². The van der Waals surface area contributed by atoms with E-state index in [9.17, 15) is 0 Å². The Kier molecular flexibility index (Phi) is 4.96. The Bertz CT molecular complexity index is 524. The van der Waals surface area contributed by atoms with Gasteiger partial charge in [0, 0.05) is 27.8 Å². The molecule has 0 aliphatic heterocycles. The number of halogens is 1. The molecular weight excluding hydrogens is 322 g/mol. The van der Waals surface area contributed by atoms with Crippen molar-refractivity contribution in [1.82, 2.24) is 4.98 Å². The molecule has 5 heteroatoms. The number of hydrogen-bond donors (Lipinski definition) is 1. The van der Waals surface area contributed by atoms with Gasteiger partial charge in [0.2, 0.25) is 0 Å². The van der Waals surface area contributed by atoms with Crippen molar-refractivity contribution >= 4 is 33.0 Å². The predicted molar refractivity (Wildman–Crippen MR) is 85.6 cm³/mol. The SMILES string of the molecule is CC[C@@H](N)c1ccc(N(C)Cc2cc(Br)cs2)cn1. The summed E-state index contributed by atoms with van der Waals surface area (Å²) in [5.74, 6) is 0. The van der Waals surface area contributed by atoms with Crippen molar-refractivity contribution in [3.05, 3.63) is 44.8 Å². The van der Waals surface area contributed by atoms with Gasteiger partial charge in [-0.25, -0.2) is 0 Å². The first-order chi connectivity index (χ1) is 9.10. The molecular formula is C14H18BrN3S. The number of nitrogens with zero attached hydrogens (tertiary/aromatic N) is 2. The number of nitrogens with two attached hydrogens (primary N) is 1. The van der Waals surface area contributed by atoms with Crippen molar-refractivity contribution in [3.8, 4) is 0 Å². The normalized spacial score (nSPS) is 12.4. The zero-order chi connectivity index (χ0) is 13.8. The highest BCUT2D eigenvalue weighted by Crippen LogP contribution is 2.23. The van der Waals surface area contributed by atoms with Crippen LogP contribution in [0.3, 0.4) is 0 Å². The summed E-state index contributed by atoms with van der Waals surface area (Å²) >= 11 is 5.23. The van der Waals surface area contributed by atoms with E-state index in [-0.39, 0.29) is 6.04 Å². The van der Waals surface area contributed by atoms with E-state index < -0.39 is 0 Å². The van der Waals surface area contributed by atoms with Gasteiger partial charge in [-0.2, -0.15) is 0 Å². The molecule has 0 aromatic carbocycles. The van der Waals surface area contributed by atoms with Crippen LogP contribution in [-0.4, -0.2) is 12.0 Å². The van der Waals surface area contributed by atoms with Crippen LogP contribution < -0.4 is 10.6 Å². The summed E-state index contributed by atoms with van der Waals surface area (Å²) in [6.07, 6.45) is 2.80. The van der Waals surface area contributed by atoms with E-state index in [1.807, 2.05) is 12.3 Å². The molecule has 0 amide bonds. The van der Waals surface area contributed by atoms with E-state index in [1.54, 1.807) is 11.3 Å². The highest BCUT2D eigenvalue weighted by Gasteiger charge is 2.07. The van der Waals surface area contributed by atoms with E-state index >= 15 is 0 Å². The van der Waals surface area contributed by atoms with Crippen LogP contribution in [0.25, 0.3) is 0 Å². The number of aromatic nitrogens is 1. The quantitative estimate of drug-likeness (QED) is 0.896. The number of hydrogen-bond acceptors (Lipinski definition) is 4. The lowest BCUT2D eigenvalue weighted by molar-refractivity contribution is 0.675. The van der Waals surface area contributed by atoms with Gasteiger partial charge >= 0.3 is 0 Å². The van der Waals surface area contributed by atoms with Crippen LogP contribution in [0.1, 0.15) is 30.0 Å². The molecule has 102 valence electrons. The monoisotopic (exact) mass is 339 g/mol. The highest BCUT2D eigenvalue weighted by molar-refractivity contribution is 9.10. The van der Waals surface area contributed by atoms with Gasteiger partial charge in [0.25, 0.3) is 0 Å². The first-order valence-electron chi connectivity index (χ1n) is 6.25. The summed E-state index contributed by atoms with van der Waals surface area (Å²) < 4.78 is 1.14. The van der Waals surface area contributed by atoms with Crippen molar-refractivity contribution in [2.75, 3.05) is 11.9 Å². The third-order valence-corrected chi connectivity index (χ3v) is 4.73. The summed E-state index contributed by atoms with van der Waals surface area (Å²) in [5, 5.41) is 2.10. The van der Waals surface area contributed by atoms with Gasteiger partial charge in [-0.1, -0.05) is 6.92 Å². The van der Waals surface area contributed by atoms with E-state index in [0.717, 1.165) is 28.8 Å². The van der Waals surface area contributed by atoms with Gasteiger partial charge in [-0.15, -0.1) is 11.3 Å². The van der Waals surface area contributed by atoms with E-state index in [4.69, 9.17) is 5.73 Å². The Morgan fingerprint density at radius 2 is 2.26 bits per heavy atom. The Balaban J connectivity index is 2.05. The van der Waals surface area contributed by atoms with Gasteiger partial charge in [-0.3, -0.25) is 4.98 Å². The van der Waals surface area contributed by atoms with Crippen molar-refractivity contribution in [2.45, 2.75) is 25.9 Å². The number of rotatable bonds is 5.